The minimum absolute atomic E-state index is 0.164. The van der Waals surface area contributed by atoms with Gasteiger partial charge in [-0.15, -0.1) is 11.3 Å². The summed E-state index contributed by atoms with van der Waals surface area (Å²) >= 11 is 7.11. The van der Waals surface area contributed by atoms with Crippen molar-refractivity contribution in [2.75, 3.05) is 13.7 Å². The maximum Gasteiger partial charge on any atom is 0.330 e. The molecule has 2 N–H and O–H groups in total. The molecule has 1 aromatic heterocycles. The fourth-order valence-electron chi connectivity index (χ4n) is 1.66. The molecule has 2 rings (SSSR count). The van der Waals surface area contributed by atoms with E-state index in [0.717, 1.165) is 5.56 Å². The molecule has 0 spiro atoms. The molecular formula is C14H13ClN2O4S. The predicted molar refractivity (Wildman–Crippen MR) is 82.9 cm³/mol. The Balaban J connectivity index is 2.12. The van der Waals surface area contributed by atoms with Crippen LogP contribution >= 0.6 is 22.9 Å². The zero-order valence-electron chi connectivity index (χ0n) is 11.6. The summed E-state index contributed by atoms with van der Waals surface area (Å²) in [6.45, 7) is -0.549. The molecule has 0 radical (unpaired) electrons. The van der Waals surface area contributed by atoms with Crippen molar-refractivity contribution in [1.82, 2.24) is 10.3 Å². The van der Waals surface area contributed by atoms with E-state index in [2.05, 4.69) is 15.0 Å². The van der Waals surface area contributed by atoms with Crippen LogP contribution in [0.4, 0.5) is 0 Å². The molecule has 0 fully saturated rings. The van der Waals surface area contributed by atoms with Gasteiger partial charge in [0.2, 0.25) is 0 Å². The van der Waals surface area contributed by atoms with E-state index in [0.29, 0.717) is 10.0 Å². The lowest BCUT2D eigenvalue weighted by Gasteiger charge is -2.12. The molecule has 0 aliphatic heterocycles. The number of ether oxygens (including phenoxy) is 1. The second-order valence-electron chi connectivity index (χ2n) is 4.28. The fraction of sp³-hybridized carbons (Fsp3) is 0.214. The van der Waals surface area contributed by atoms with Gasteiger partial charge in [-0.2, -0.15) is 0 Å². The van der Waals surface area contributed by atoms with Crippen LogP contribution in [-0.4, -0.2) is 41.7 Å². The highest BCUT2D eigenvalue weighted by molar-refractivity contribution is 7.13. The number of rotatable bonds is 5. The summed E-state index contributed by atoms with van der Waals surface area (Å²) in [6, 6.07) is 5.95. The predicted octanol–water partition coefficient (Wildman–Crippen LogP) is 1.73. The lowest BCUT2D eigenvalue weighted by molar-refractivity contribution is -0.143. The van der Waals surface area contributed by atoms with Crippen molar-refractivity contribution in [3.63, 3.8) is 0 Å². The third-order valence-electron chi connectivity index (χ3n) is 2.80. The van der Waals surface area contributed by atoms with E-state index in [4.69, 9.17) is 16.7 Å². The first-order valence-electron chi connectivity index (χ1n) is 6.26. The molecule has 1 amide bonds. The summed E-state index contributed by atoms with van der Waals surface area (Å²) in [7, 11) is 1.18. The summed E-state index contributed by atoms with van der Waals surface area (Å²) in [5.41, 5.74) is 0.998. The summed E-state index contributed by atoms with van der Waals surface area (Å²) in [6.07, 6.45) is 0. The molecule has 8 heteroatoms. The first kappa shape index (κ1) is 16.4. The van der Waals surface area contributed by atoms with Crippen LogP contribution in [0.2, 0.25) is 5.02 Å². The fourth-order valence-corrected chi connectivity index (χ4v) is 2.59. The topological polar surface area (TPSA) is 88.5 Å². The van der Waals surface area contributed by atoms with Crippen molar-refractivity contribution in [2.45, 2.75) is 6.04 Å². The van der Waals surface area contributed by atoms with Gasteiger partial charge >= 0.3 is 5.97 Å². The molecule has 116 valence electrons. The molecular weight excluding hydrogens is 328 g/mol. The van der Waals surface area contributed by atoms with Gasteiger partial charge in [0.05, 0.1) is 13.7 Å². The van der Waals surface area contributed by atoms with Crippen LogP contribution in [0.1, 0.15) is 10.5 Å². The summed E-state index contributed by atoms with van der Waals surface area (Å²) < 4.78 is 4.48. The molecule has 22 heavy (non-hydrogen) atoms. The van der Waals surface area contributed by atoms with Crippen molar-refractivity contribution in [3.05, 3.63) is 40.4 Å². The minimum atomic E-state index is -1.11. The Morgan fingerprint density at radius 1 is 1.41 bits per heavy atom. The Morgan fingerprint density at radius 2 is 2.09 bits per heavy atom. The Hall–Kier alpha value is -1.96. The highest BCUT2D eigenvalue weighted by atomic mass is 35.5. The number of thiazole rings is 1. The number of carbonyl (C=O) groups is 2. The van der Waals surface area contributed by atoms with Crippen LogP contribution in [0, 0.1) is 0 Å². The standard InChI is InChI=1S/C14H13ClN2O4S/c1-21-14(20)10(6-18)16-12(19)11-7-22-13(17-11)8-2-4-9(15)5-3-8/h2-5,7,10,18H,6H2,1H3,(H,16,19)/t10-/m0/s1. The van der Waals surface area contributed by atoms with Gasteiger partial charge in [0.1, 0.15) is 10.7 Å². The molecule has 1 atom stereocenters. The molecule has 0 unspecified atom stereocenters. The Morgan fingerprint density at radius 3 is 2.68 bits per heavy atom. The molecule has 1 heterocycles. The van der Waals surface area contributed by atoms with Crippen LogP contribution < -0.4 is 5.32 Å². The number of nitrogens with one attached hydrogen (secondary N) is 1. The second kappa shape index (κ2) is 7.35. The highest BCUT2D eigenvalue weighted by Crippen LogP contribution is 2.25. The maximum atomic E-state index is 12.0. The number of amides is 1. The Bertz CT molecular complexity index is 672. The molecule has 0 bridgehead atoms. The van der Waals surface area contributed by atoms with Gasteiger partial charge in [-0.25, -0.2) is 9.78 Å². The minimum Gasteiger partial charge on any atom is -0.467 e. The number of aromatic nitrogens is 1. The molecule has 0 aliphatic rings. The number of hydrogen-bond acceptors (Lipinski definition) is 6. The number of aliphatic hydroxyl groups excluding tert-OH is 1. The zero-order valence-corrected chi connectivity index (χ0v) is 13.1. The van der Waals surface area contributed by atoms with Gasteiger partial charge in [-0.1, -0.05) is 23.7 Å². The normalized spacial score (nSPS) is 11.8. The first-order valence-corrected chi connectivity index (χ1v) is 7.52. The molecule has 0 aliphatic carbocycles. The van der Waals surface area contributed by atoms with Gasteiger partial charge in [0.15, 0.2) is 6.04 Å². The van der Waals surface area contributed by atoms with Gasteiger partial charge in [0, 0.05) is 16.0 Å². The quantitative estimate of drug-likeness (QED) is 0.809. The number of methoxy groups -OCH3 is 1. The van der Waals surface area contributed by atoms with E-state index < -0.39 is 24.5 Å². The molecule has 1 aromatic carbocycles. The summed E-state index contributed by atoms with van der Waals surface area (Å²) in [4.78, 5) is 27.6. The van der Waals surface area contributed by atoms with Gasteiger partial charge in [-0.05, 0) is 12.1 Å². The van der Waals surface area contributed by atoms with Crippen molar-refractivity contribution in [1.29, 1.82) is 0 Å². The average Bonchev–Trinajstić information content (AvgIpc) is 3.02. The lowest BCUT2D eigenvalue weighted by Crippen LogP contribution is -2.44. The van der Waals surface area contributed by atoms with Gasteiger partial charge in [-0.3, -0.25) is 4.79 Å². The molecule has 0 saturated heterocycles. The molecule has 2 aromatic rings. The molecule has 0 saturated carbocycles. The summed E-state index contributed by atoms with van der Waals surface area (Å²) in [5, 5.41) is 14.3. The number of halogens is 1. The Labute approximate surface area is 135 Å². The number of benzene rings is 1. The number of hydrogen-bond donors (Lipinski definition) is 2. The van der Waals surface area contributed by atoms with Gasteiger partial charge < -0.3 is 15.2 Å². The van der Waals surface area contributed by atoms with E-state index in [-0.39, 0.29) is 5.69 Å². The number of nitrogens with zero attached hydrogens (tertiary/aromatic N) is 1. The van der Waals surface area contributed by atoms with Gasteiger partial charge in [0.25, 0.3) is 5.91 Å². The van der Waals surface area contributed by atoms with E-state index >= 15 is 0 Å². The number of aliphatic hydroxyl groups is 1. The number of carbonyl (C=O) groups excluding carboxylic acids is 2. The Kier molecular flexibility index (Phi) is 5.48. The van der Waals surface area contributed by atoms with Crippen molar-refractivity contribution in [2.24, 2.45) is 0 Å². The SMILES string of the molecule is COC(=O)[C@H](CO)NC(=O)c1csc(-c2ccc(Cl)cc2)n1. The smallest absolute Gasteiger partial charge is 0.330 e. The van der Waals surface area contributed by atoms with Crippen LogP contribution in [0.3, 0.4) is 0 Å². The van der Waals surface area contributed by atoms with Crippen LogP contribution in [0.25, 0.3) is 10.6 Å². The monoisotopic (exact) mass is 340 g/mol. The van der Waals surface area contributed by atoms with Crippen molar-refractivity contribution >= 4 is 34.8 Å². The van der Waals surface area contributed by atoms with Crippen molar-refractivity contribution in [3.8, 4) is 10.6 Å². The largest absolute Gasteiger partial charge is 0.467 e. The van der Waals surface area contributed by atoms with E-state index in [1.54, 1.807) is 29.6 Å². The average molecular weight is 341 g/mol. The zero-order chi connectivity index (χ0) is 16.1. The number of esters is 1. The maximum absolute atomic E-state index is 12.0. The third kappa shape index (κ3) is 3.82. The van der Waals surface area contributed by atoms with Crippen LogP contribution in [0.5, 0.6) is 0 Å². The lowest BCUT2D eigenvalue weighted by atomic mass is 10.2. The molecule has 6 nitrogen and oxygen atoms in total. The highest BCUT2D eigenvalue weighted by Gasteiger charge is 2.22. The summed E-state index contributed by atoms with van der Waals surface area (Å²) in [5.74, 6) is -1.27. The second-order valence-corrected chi connectivity index (χ2v) is 5.57. The van der Waals surface area contributed by atoms with E-state index in [9.17, 15) is 9.59 Å². The third-order valence-corrected chi connectivity index (χ3v) is 3.94. The van der Waals surface area contributed by atoms with Crippen LogP contribution in [0.15, 0.2) is 29.6 Å². The van der Waals surface area contributed by atoms with E-state index in [1.165, 1.54) is 18.4 Å². The van der Waals surface area contributed by atoms with E-state index in [1.807, 2.05) is 0 Å². The first-order chi connectivity index (χ1) is 10.5. The van der Waals surface area contributed by atoms with Crippen LogP contribution in [-0.2, 0) is 9.53 Å². The van der Waals surface area contributed by atoms with Crippen molar-refractivity contribution < 1.29 is 19.4 Å².